The molecule has 1 aliphatic heterocycles. The summed E-state index contributed by atoms with van der Waals surface area (Å²) in [5.74, 6) is -0.534. The lowest BCUT2D eigenvalue weighted by Gasteiger charge is -2.24. The number of carbonyl (C=O) groups excluding carboxylic acids is 2. The Morgan fingerprint density at radius 2 is 2.21 bits per heavy atom. The number of nitrogens with one attached hydrogen (secondary N) is 1. The van der Waals surface area contributed by atoms with E-state index in [1.54, 1.807) is 29.5 Å². The van der Waals surface area contributed by atoms with Crippen molar-refractivity contribution in [3.05, 3.63) is 51.7 Å². The van der Waals surface area contributed by atoms with Crippen LogP contribution in [0.3, 0.4) is 0 Å². The van der Waals surface area contributed by atoms with Gasteiger partial charge in [-0.15, -0.1) is 11.3 Å². The van der Waals surface area contributed by atoms with Gasteiger partial charge in [-0.1, -0.05) is 12.1 Å². The van der Waals surface area contributed by atoms with E-state index in [0.717, 1.165) is 31.6 Å². The molecule has 1 aromatic carbocycles. The number of carbonyl (C=O) groups is 2. The van der Waals surface area contributed by atoms with Gasteiger partial charge in [0, 0.05) is 30.3 Å². The van der Waals surface area contributed by atoms with Gasteiger partial charge in [0.2, 0.25) is 5.91 Å². The summed E-state index contributed by atoms with van der Waals surface area (Å²) in [7, 11) is 1.34. The molecule has 1 aliphatic rings. The molecule has 28 heavy (non-hydrogen) atoms. The van der Waals surface area contributed by atoms with E-state index >= 15 is 0 Å². The van der Waals surface area contributed by atoms with Crippen LogP contribution in [0.5, 0.6) is 0 Å². The zero-order valence-corrected chi connectivity index (χ0v) is 17.1. The molecular weight excluding hydrogens is 376 g/mol. The summed E-state index contributed by atoms with van der Waals surface area (Å²) in [6.07, 6.45) is 2.28. The molecule has 1 atom stereocenters. The molecule has 0 aliphatic carbocycles. The molecule has 7 heteroatoms. The highest BCUT2D eigenvalue weighted by molar-refractivity contribution is 7.09. The third-order valence-electron chi connectivity index (χ3n) is 4.75. The summed E-state index contributed by atoms with van der Waals surface area (Å²) in [5.41, 5.74) is 1.93. The molecule has 1 amide bonds. The first kappa shape index (κ1) is 20.5. The van der Waals surface area contributed by atoms with Gasteiger partial charge in [-0.25, -0.2) is 4.79 Å². The van der Waals surface area contributed by atoms with Crippen molar-refractivity contribution in [3.63, 3.8) is 0 Å². The lowest BCUT2D eigenvalue weighted by molar-refractivity contribution is -0.117. The summed E-state index contributed by atoms with van der Waals surface area (Å²) < 4.78 is 10.5. The van der Waals surface area contributed by atoms with Gasteiger partial charge in [-0.05, 0) is 48.9 Å². The molecule has 0 spiro atoms. The highest BCUT2D eigenvalue weighted by atomic mass is 32.1. The van der Waals surface area contributed by atoms with Crippen LogP contribution in [0.15, 0.2) is 35.7 Å². The first-order valence-corrected chi connectivity index (χ1v) is 10.3. The van der Waals surface area contributed by atoms with Crippen LogP contribution in [0.25, 0.3) is 0 Å². The second-order valence-corrected chi connectivity index (χ2v) is 7.99. The van der Waals surface area contributed by atoms with Crippen LogP contribution >= 0.6 is 11.3 Å². The fraction of sp³-hybridized carbons (Fsp3) is 0.429. The molecule has 1 fully saturated rings. The Bertz CT molecular complexity index is 801. The van der Waals surface area contributed by atoms with Crippen molar-refractivity contribution < 1.29 is 19.1 Å². The van der Waals surface area contributed by atoms with Gasteiger partial charge >= 0.3 is 5.97 Å². The van der Waals surface area contributed by atoms with Crippen LogP contribution in [0.1, 0.15) is 33.6 Å². The van der Waals surface area contributed by atoms with Crippen molar-refractivity contribution in [1.29, 1.82) is 0 Å². The lowest BCUT2D eigenvalue weighted by Crippen LogP contribution is -2.37. The minimum absolute atomic E-state index is 0.111. The van der Waals surface area contributed by atoms with Crippen LogP contribution in [-0.2, 0) is 20.8 Å². The molecule has 2 heterocycles. The highest BCUT2D eigenvalue weighted by Gasteiger charge is 2.21. The smallest absolute Gasteiger partial charge is 0.337 e. The van der Waals surface area contributed by atoms with Crippen LogP contribution in [0.4, 0.5) is 5.69 Å². The summed E-state index contributed by atoms with van der Waals surface area (Å²) in [5, 5.41) is 4.98. The first-order valence-electron chi connectivity index (χ1n) is 9.40. The van der Waals surface area contributed by atoms with E-state index in [1.165, 1.54) is 12.0 Å². The van der Waals surface area contributed by atoms with Crippen LogP contribution in [-0.4, -0.2) is 49.7 Å². The van der Waals surface area contributed by atoms with E-state index in [1.807, 2.05) is 18.4 Å². The molecule has 150 valence electrons. The summed E-state index contributed by atoms with van der Waals surface area (Å²) in [4.78, 5) is 27.8. The monoisotopic (exact) mass is 402 g/mol. The Morgan fingerprint density at radius 3 is 2.89 bits per heavy atom. The van der Waals surface area contributed by atoms with Gasteiger partial charge in [0.1, 0.15) is 0 Å². The standard InChI is InChI=1S/C21H26N2O4S/c1-15-7-8-16(21(25)26-2)11-19(15)22-20(24)14-23(12-17-5-3-9-27-17)13-18-6-4-10-28-18/h4,6-8,10-11,17H,3,5,9,12-14H2,1-2H3,(H,22,24). The van der Waals surface area contributed by atoms with Gasteiger partial charge in [-0.3, -0.25) is 9.69 Å². The van der Waals surface area contributed by atoms with Gasteiger partial charge < -0.3 is 14.8 Å². The van der Waals surface area contributed by atoms with E-state index in [2.05, 4.69) is 16.3 Å². The third-order valence-corrected chi connectivity index (χ3v) is 5.61. The molecule has 2 aromatic rings. The SMILES string of the molecule is COC(=O)c1ccc(C)c(NC(=O)CN(Cc2cccs2)CC2CCCO2)c1. The Hall–Kier alpha value is -2.22. The number of hydrogen-bond donors (Lipinski definition) is 1. The van der Waals surface area contributed by atoms with Gasteiger partial charge in [0.15, 0.2) is 0 Å². The maximum absolute atomic E-state index is 12.7. The predicted octanol–water partition coefficient (Wildman–Crippen LogP) is 3.46. The number of esters is 1. The Labute approximate surface area is 169 Å². The lowest BCUT2D eigenvalue weighted by atomic mass is 10.1. The van der Waals surface area contributed by atoms with Gasteiger partial charge in [0.05, 0.1) is 25.3 Å². The second kappa shape index (κ2) is 9.82. The number of thiophene rings is 1. The van der Waals surface area contributed by atoms with E-state index in [-0.39, 0.29) is 18.6 Å². The number of rotatable bonds is 8. The normalized spacial score (nSPS) is 16.3. The molecule has 3 rings (SSSR count). The number of benzene rings is 1. The molecule has 6 nitrogen and oxygen atoms in total. The van der Waals surface area contributed by atoms with E-state index in [4.69, 9.17) is 9.47 Å². The molecule has 1 unspecified atom stereocenters. The topological polar surface area (TPSA) is 67.9 Å². The average molecular weight is 403 g/mol. The second-order valence-electron chi connectivity index (χ2n) is 6.95. The third kappa shape index (κ3) is 5.64. The van der Waals surface area contributed by atoms with Crippen LogP contribution in [0.2, 0.25) is 0 Å². The maximum atomic E-state index is 12.7. The van der Waals surface area contributed by atoms with Crippen molar-refractivity contribution in [2.45, 2.75) is 32.4 Å². The number of hydrogen-bond acceptors (Lipinski definition) is 6. The number of nitrogens with zero attached hydrogens (tertiary/aromatic N) is 1. The quantitative estimate of drug-likeness (QED) is 0.685. The zero-order chi connectivity index (χ0) is 19.9. The number of aryl methyl sites for hydroxylation is 1. The summed E-state index contributed by atoms with van der Waals surface area (Å²) in [6.45, 7) is 4.40. The van der Waals surface area contributed by atoms with Crippen molar-refractivity contribution in [2.24, 2.45) is 0 Å². The predicted molar refractivity (Wildman–Crippen MR) is 110 cm³/mol. The van der Waals surface area contributed by atoms with E-state index < -0.39 is 5.97 Å². The van der Waals surface area contributed by atoms with Crippen molar-refractivity contribution in [2.75, 3.05) is 32.1 Å². The van der Waals surface area contributed by atoms with Crippen molar-refractivity contribution in [1.82, 2.24) is 4.90 Å². The zero-order valence-electron chi connectivity index (χ0n) is 16.3. The molecular formula is C21H26N2O4S. The number of ether oxygens (including phenoxy) is 2. The maximum Gasteiger partial charge on any atom is 0.337 e. The molecule has 0 saturated carbocycles. The Kier molecular flexibility index (Phi) is 7.19. The first-order chi connectivity index (χ1) is 13.5. The molecule has 1 aromatic heterocycles. The number of anilines is 1. The minimum atomic E-state index is -0.423. The van der Waals surface area contributed by atoms with Crippen LogP contribution in [0, 0.1) is 6.92 Å². The summed E-state index contributed by atoms with van der Waals surface area (Å²) >= 11 is 1.68. The highest BCUT2D eigenvalue weighted by Crippen LogP contribution is 2.19. The van der Waals surface area contributed by atoms with E-state index in [9.17, 15) is 9.59 Å². The van der Waals surface area contributed by atoms with Crippen molar-refractivity contribution >= 4 is 28.9 Å². The molecule has 1 saturated heterocycles. The van der Waals surface area contributed by atoms with Gasteiger partial charge in [0.25, 0.3) is 0 Å². The van der Waals surface area contributed by atoms with Gasteiger partial charge in [-0.2, -0.15) is 0 Å². The largest absolute Gasteiger partial charge is 0.465 e. The van der Waals surface area contributed by atoms with Crippen molar-refractivity contribution in [3.8, 4) is 0 Å². The molecule has 0 radical (unpaired) electrons. The van der Waals surface area contributed by atoms with E-state index in [0.29, 0.717) is 17.8 Å². The number of methoxy groups -OCH3 is 1. The summed E-state index contributed by atoms with van der Waals surface area (Å²) in [6, 6.07) is 9.25. The fourth-order valence-corrected chi connectivity index (χ4v) is 4.02. The Morgan fingerprint density at radius 1 is 1.36 bits per heavy atom. The molecule has 1 N–H and O–H groups in total. The fourth-order valence-electron chi connectivity index (χ4n) is 3.28. The minimum Gasteiger partial charge on any atom is -0.465 e. The number of amides is 1. The van der Waals surface area contributed by atoms with Crippen LogP contribution < -0.4 is 5.32 Å². The average Bonchev–Trinajstić information content (AvgIpc) is 3.37. The Balaban J connectivity index is 1.66. The molecule has 0 bridgehead atoms.